The first-order chi connectivity index (χ1) is 9.52. The standard InChI is InChI=1S/C15H16BrFN2O/c1-3-20-14-6-4-5-12(15(14)18)19-13-8-10(16)11(17)7-9(13)2/h4-8,19H,3,18H2,1-2H3. The predicted molar refractivity (Wildman–Crippen MR) is 84.1 cm³/mol. The lowest BCUT2D eigenvalue weighted by molar-refractivity contribution is 0.342. The molecule has 0 unspecified atom stereocenters. The van der Waals surface area contributed by atoms with Gasteiger partial charge in [-0.15, -0.1) is 0 Å². The molecule has 2 aromatic carbocycles. The van der Waals surface area contributed by atoms with Crippen LogP contribution >= 0.6 is 15.9 Å². The van der Waals surface area contributed by atoms with Crippen LogP contribution in [0.15, 0.2) is 34.8 Å². The van der Waals surface area contributed by atoms with Crippen LogP contribution in [-0.4, -0.2) is 6.61 Å². The fraction of sp³-hybridized carbons (Fsp3) is 0.200. The minimum Gasteiger partial charge on any atom is -0.492 e. The maximum absolute atomic E-state index is 13.4. The van der Waals surface area contributed by atoms with E-state index < -0.39 is 0 Å². The molecule has 0 aliphatic rings. The number of nitrogens with one attached hydrogen (secondary N) is 1. The van der Waals surface area contributed by atoms with Crippen molar-refractivity contribution in [3.63, 3.8) is 0 Å². The molecule has 0 amide bonds. The predicted octanol–water partition coefficient (Wildman–Crippen LogP) is 4.62. The highest BCUT2D eigenvalue weighted by Crippen LogP contribution is 2.33. The van der Waals surface area contributed by atoms with Gasteiger partial charge in [0.1, 0.15) is 11.6 Å². The largest absolute Gasteiger partial charge is 0.492 e. The molecule has 0 spiro atoms. The minimum absolute atomic E-state index is 0.288. The Morgan fingerprint density at radius 3 is 2.75 bits per heavy atom. The van der Waals surface area contributed by atoms with Crippen molar-refractivity contribution in [2.45, 2.75) is 13.8 Å². The van der Waals surface area contributed by atoms with Gasteiger partial charge in [0, 0.05) is 5.69 Å². The molecule has 3 N–H and O–H groups in total. The molecule has 0 fully saturated rings. The normalized spacial score (nSPS) is 10.4. The van der Waals surface area contributed by atoms with E-state index in [1.54, 1.807) is 6.07 Å². The highest BCUT2D eigenvalue weighted by atomic mass is 79.9. The van der Waals surface area contributed by atoms with Gasteiger partial charge in [0.05, 0.1) is 22.5 Å². The minimum atomic E-state index is -0.288. The van der Waals surface area contributed by atoms with Crippen molar-refractivity contribution in [3.8, 4) is 5.75 Å². The number of ether oxygens (including phenoxy) is 1. The van der Waals surface area contributed by atoms with Gasteiger partial charge in [-0.25, -0.2) is 4.39 Å². The van der Waals surface area contributed by atoms with Crippen molar-refractivity contribution in [3.05, 3.63) is 46.2 Å². The van der Waals surface area contributed by atoms with Crippen LogP contribution in [0.3, 0.4) is 0 Å². The molecule has 0 aromatic heterocycles. The fourth-order valence-corrected chi connectivity index (χ4v) is 2.20. The van der Waals surface area contributed by atoms with Crippen LogP contribution in [0.1, 0.15) is 12.5 Å². The SMILES string of the molecule is CCOc1cccc(Nc2cc(Br)c(F)cc2C)c1N. The fourth-order valence-electron chi connectivity index (χ4n) is 1.86. The zero-order chi connectivity index (χ0) is 14.7. The molecule has 5 heteroatoms. The molecular weight excluding hydrogens is 323 g/mol. The van der Waals surface area contributed by atoms with E-state index in [2.05, 4.69) is 21.2 Å². The molecule has 20 heavy (non-hydrogen) atoms. The highest BCUT2D eigenvalue weighted by Gasteiger charge is 2.09. The molecule has 3 nitrogen and oxygen atoms in total. The average molecular weight is 339 g/mol. The van der Waals surface area contributed by atoms with E-state index in [9.17, 15) is 4.39 Å². The lowest BCUT2D eigenvalue weighted by Gasteiger charge is -2.15. The van der Waals surface area contributed by atoms with Crippen molar-refractivity contribution < 1.29 is 9.13 Å². The molecule has 0 bridgehead atoms. The van der Waals surface area contributed by atoms with Gasteiger partial charge in [-0.3, -0.25) is 0 Å². The number of benzene rings is 2. The van der Waals surface area contributed by atoms with Crippen LogP contribution in [-0.2, 0) is 0 Å². The van der Waals surface area contributed by atoms with E-state index >= 15 is 0 Å². The topological polar surface area (TPSA) is 47.3 Å². The zero-order valence-corrected chi connectivity index (χ0v) is 12.9. The number of halogens is 2. The summed E-state index contributed by atoms with van der Waals surface area (Å²) < 4.78 is 19.3. The summed E-state index contributed by atoms with van der Waals surface area (Å²) in [7, 11) is 0. The van der Waals surface area contributed by atoms with Gasteiger partial charge in [0.25, 0.3) is 0 Å². The zero-order valence-electron chi connectivity index (χ0n) is 11.3. The Morgan fingerprint density at radius 2 is 2.05 bits per heavy atom. The molecule has 0 heterocycles. The molecule has 0 aliphatic heterocycles. The van der Waals surface area contributed by atoms with Gasteiger partial charge in [-0.05, 0) is 59.6 Å². The Hall–Kier alpha value is -1.75. The van der Waals surface area contributed by atoms with E-state index in [0.717, 1.165) is 16.9 Å². The van der Waals surface area contributed by atoms with Crippen LogP contribution in [0.5, 0.6) is 5.75 Å². The van der Waals surface area contributed by atoms with Crippen LogP contribution in [0.2, 0.25) is 0 Å². The average Bonchev–Trinajstić information content (AvgIpc) is 2.40. The van der Waals surface area contributed by atoms with Crippen molar-refractivity contribution in [1.29, 1.82) is 0 Å². The molecule has 0 atom stereocenters. The second kappa shape index (κ2) is 6.13. The molecule has 0 saturated carbocycles. The number of hydrogen-bond acceptors (Lipinski definition) is 3. The Balaban J connectivity index is 2.35. The van der Waals surface area contributed by atoms with Crippen molar-refractivity contribution in [1.82, 2.24) is 0 Å². The summed E-state index contributed by atoms with van der Waals surface area (Å²) in [5.41, 5.74) is 8.92. The van der Waals surface area contributed by atoms with Crippen molar-refractivity contribution >= 4 is 33.0 Å². The van der Waals surface area contributed by atoms with E-state index in [0.29, 0.717) is 22.5 Å². The summed E-state index contributed by atoms with van der Waals surface area (Å²) in [5.74, 6) is 0.348. The first-order valence-corrected chi connectivity index (χ1v) is 7.06. The third-order valence-electron chi connectivity index (χ3n) is 2.90. The number of rotatable bonds is 4. The number of nitrogens with two attached hydrogens (primary N) is 1. The highest BCUT2D eigenvalue weighted by molar-refractivity contribution is 9.10. The number of para-hydroxylation sites is 1. The first-order valence-electron chi connectivity index (χ1n) is 6.27. The third-order valence-corrected chi connectivity index (χ3v) is 3.51. The Morgan fingerprint density at radius 1 is 1.30 bits per heavy atom. The van der Waals surface area contributed by atoms with Crippen LogP contribution in [0, 0.1) is 12.7 Å². The molecule has 2 rings (SSSR count). The lowest BCUT2D eigenvalue weighted by atomic mass is 10.1. The second-order valence-corrected chi connectivity index (χ2v) is 5.21. The van der Waals surface area contributed by atoms with Crippen molar-refractivity contribution in [2.24, 2.45) is 0 Å². The van der Waals surface area contributed by atoms with Gasteiger partial charge in [0.15, 0.2) is 0 Å². The molecule has 0 radical (unpaired) electrons. The van der Waals surface area contributed by atoms with Crippen molar-refractivity contribution in [2.75, 3.05) is 17.7 Å². The second-order valence-electron chi connectivity index (χ2n) is 4.36. The molecule has 106 valence electrons. The summed E-state index contributed by atoms with van der Waals surface area (Å²) in [6, 6.07) is 8.69. The monoisotopic (exact) mass is 338 g/mol. The van der Waals surface area contributed by atoms with Gasteiger partial charge in [-0.1, -0.05) is 6.07 Å². The first kappa shape index (κ1) is 14.7. The molecule has 0 aliphatic carbocycles. The maximum atomic E-state index is 13.4. The Labute approximate surface area is 126 Å². The van der Waals surface area contributed by atoms with Gasteiger partial charge in [-0.2, -0.15) is 0 Å². The molecule has 2 aromatic rings. The number of nitrogen functional groups attached to an aromatic ring is 1. The summed E-state index contributed by atoms with van der Waals surface area (Å²) >= 11 is 3.18. The van der Waals surface area contributed by atoms with Crippen LogP contribution in [0.4, 0.5) is 21.5 Å². The third kappa shape index (κ3) is 3.04. The smallest absolute Gasteiger partial charge is 0.144 e. The summed E-state index contributed by atoms with van der Waals surface area (Å²) in [5, 5.41) is 3.21. The van der Waals surface area contributed by atoms with Gasteiger partial charge >= 0.3 is 0 Å². The van der Waals surface area contributed by atoms with E-state index in [1.165, 1.54) is 6.07 Å². The summed E-state index contributed by atoms with van der Waals surface area (Å²) in [6.45, 7) is 4.29. The molecular formula is C15H16BrFN2O. The summed E-state index contributed by atoms with van der Waals surface area (Å²) in [6.07, 6.45) is 0. The van der Waals surface area contributed by atoms with E-state index in [-0.39, 0.29) is 5.82 Å². The Bertz CT molecular complexity index is 632. The summed E-state index contributed by atoms with van der Waals surface area (Å²) in [4.78, 5) is 0. The van der Waals surface area contributed by atoms with Crippen LogP contribution in [0.25, 0.3) is 0 Å². The quantitative estimate of drug-likeness (QED) is 0.799. The molecule has 0 saturated heterocycles. The number of hydrogen-bond donors (Lipinski definition) is 2. The Kier molecular flexibility index (Phi) is 4.49. The van der Waals surface area contributed by atoms with Gasteiger partial charge in [0.2, 0.25) is 0 Å². The van der Waals surface area contributed by atoms with Crippen LogP contribution < -0.4 is 15.8 Å². The van der Waals surface area contributed by atoms with E-state index in [4.69, 9.17) is 10.5 Å². The number of anilines is 3. The number of aryl methyl sites for hydroxylation is 1. The van der Waals surface area contributed by atoms with E-state index in [1.807, 2.05) is 32.0 Å². The maximum Gasteiger partial charge on any atom is 0.144 e. The van der Waals surface area contributed by atoms with Gasteiger partial charge < -0.3 is 15.8 Å². The lowest BCUT2D eigenvalue weighted by Crippen LogP contribution is -2.02.